The van der Waals surface area contributed by atoms with Gasteiger partial charge in [0.15, 0.2) is 0 Å². The zero-order chi connectivity index (χ0) is 11.1. The molecule has 0 saturated heterocycles. The Balaban J connectivity index is 4.10. The Morgan fingerprint density at radius 2 is 2.00 bits per heavy atom. The van der Waals surface area contributed by atoms with Crippen LogP contribution in [-0.2, 0) is 0 Å². The largest absolute Gasteiger partial charge is 0.409 e. The zero-order valence-electron chi connectivity index (χ0n) is 9.70. The molecule has 1 unspecified atom stereocenters. The van der Waals surface area contributed by atoms with E-state index in [1.54, 1.807) is 0 Å². The molecule has 0 aliphatic carbocycles. The number of amidine groups is 1. The summed E-state index contributed by atoms with van der Waals surface area (Å²) >= 11 is 0. The molecule has 0 aromatic rings. The Bertz CT molecular complexity index is 180. The average Bonchev–Trinajstić information content (AvgIpc) is 2.16. The van der Waals surface area contributed by atoms with Crippen LogP contribution < -0.4 is 5.73 Å². The van der Waals surface area contributed by atoms with E-state index in [2.05, 4.69) is 37.8 Å². The summed E-state index contributed by atoms with van der Waals surface area (Å²) in [6.07, 6.45) is 1.74. The first kappa shape index (κ1) is 13.2. The molecule has 0 aliphatic rings. The van der Waals surface area contributed by atoms with Gasteiger partial charge in [0.05, 0.1) is 0 Å². The van der Waals surface area contributed by atoms with Gasteiger partial charge in [0.2, 0.25) is 0 Å². The molecule has 0 heterocycles. The molecule has 4 nitrogen and oxygen atoms in total. The predicted octanol–water partition coefficient (Wildman–Crippen LogP) is 1.63. The van der Waals surface area contributed by atoms with E-state index >= 15 is 0 Å². The minimum atomic E-state index is 0.305. The molecule has 3 N–H and O–H groups in total. The molecular weight excluding hydrogens is 178 g/mol. The molecule has 0 aromatic heterocycles. The number of rotatable bonds is 6. The van der Waals surface area contributed by atoms with Crippen molar-refractivity contribution < 1.29 is 5.21 Å². The highest BCUT2D eigenvalue weighted by molar-refractivity contribution is 5.79. The summed E-state index contributed by atoms with van der Waals surface area (Å²) in [5.74, 6) is 0.305. The van der Waals surface area contributed by atoms with Gasteiger partial charge < -0.3 is 10.9 Å². The van der Waals surface area contributed by atoms with E-state index in [1.807, 2.05) is 0 Å². The molecule has 14 heavy (non-hydrogen) atoms. The van der Waals surface area contributed by atoms with Crippen LogP contribution in [-0.4, -0.2) is 34.6 Å². The molecular formula is C10H23N3O. The van der Waals surface area contributed by atoms with Gasteiger partial charge in [-0.25, -0.2) is 0 Å². The van der Waals surface area contributed by atoms with Gasteiger partial charge in [-0.2, -0.15) is 0 Å². The Labute approximate surface area is 86.8 Å². The second kappa shape index (κ2) is 6.65. The van der Waals surface area contributed by atoms with Gasteiger partial charge in [0.25, 0.3) is 0 Å². The third-order valence-corrected chi connectivity index (χ3v) is 2.57. The predicted molar refractivity (Wildman–Crippen MR) is 59.6 cm³/mol. The van der Waals surface area contributed by atoms with Gasteiger partial charge in [-0.3, -0.25) is 4.90 Å². The van der Waals surface area contributed by atoms with E-state index in [4.69, 9.17) is 10.9 Å². The summed E-state index contributed by atoms with van der Waals surface area (Å²) < 4.78 is 0. The Kier molecular flexibility index (Phi) is 6.28. The normalized spacial score (nSPS) is 15.1. The maximum atomic E-state index is 8.43. The van der Waals surface area contributed by atoms with Gasteiger partial charge in [-0.1, -0.05) is 12.1 Å². The Morgan fingerprint density at radius 3 is 2.36 bits per heavy atom. The molecule has 0 radical (unpaired) electrons. The van der Waals surface area contributed by atoms with Gasteiger partial charge in [-0.15, -0.1) is 0 Å². The lowest BCUT2D eigenvalue weighted by Gasteiger charge is -2.31. The fraction of sp³-hybridized carbons (Fsp3) is 0.900. The van der Waals surface area contributed by atoms with Crippen LogP contribution in [0.5, 0.6) is 0 Å². The van der Waals surface area contributed by atoms with Gasteiger partial charge in [0.1, 0.15) is 5.84 Å². The van der Waals surface area contributed by atoms with E-state index in [0.29, 0.717) is 24.3 Å². The molecule has 0 fully saturated rings. The highest BCUT2D eigenvalue weighted by Gasteiger charge is 2.15. The molecule has 0 rings (SSSR count). The summed E-state index contributed by atoms with van der Waals surface area (Å²) in [6, 6.07) is 1.04. The van der Waals surface area contributed by atoms with Crippen LogP contribution in [0.2, 0.25) is 0 Å². The highest BCUT2D eigenvalue weighted by atomic mass is 16.4. The van der Waals surface area contributed by atoms with Crippen LogP contribution in [0.3, 0.4) is 0 Å². The fourth-order valence-corrected chi connectivity index (χ4v) is 1.52. The molecule has 0 aromatic carbocycles. The molecule has 0 aliphatic heterocycles. The molecule has 4 heteroatoms. The van der Waals surface area contributed by atoms with Crippen LogP contribution in [0.25, 0.3) is 0 Å². The SMILES string of the molecule is CCC(C)N(CCC(N)=NO)C(C)C. The average molecular weight is 201 g/mol. The summed E-state index contributed by atoms with van der Waals surface area (Å²) in [4.78, 5) is 2.36. The smallest absolute Gasteiger partial charge is 0.140 e. The third kappa shape index (κ3) is 4.46. The second-order valence-electron chi connectivity index (χ2n) is 3.93. The quantitative estimate of drug-likeness (QED) is 0.297. The number of oxime groups is 1. The van der Waals surface area contributed by atoms with Crippen LogP contribution >= 0.6 is 0 Å². The van der Waals surface area contributed by atoms with Crippen molar-refractivity contribution in [2.24, 2.45) is 10.9 Å². The zero-order valence-corrected chi connectivity index (χ0v) is 9.70. The molecule has 1 atom stereocenters. The first-order chi connectivity index (χ1) is 6.52. The van der Waals surface area contributed by atoms with Crippen LogP contribution in [0.15, 0.2) is 5.16 Å². The van der Waals surface area contributed by atoms with Gasteiger partial charge in [0, 0.05) is 25.0 Å². The lowest BCUT2D eigenvalue weighted by molar-refractivity contribution is 0.164. The molecule has 0 bridgehead atoms. The Hall–Kier alpha value is -0.770. The van der Waals surface area contributed by atoms with Gasteiger partial charge >= 0.3 is 0 Å². The van der Waals surface area contributed by atoms with Crippen molar-refractivity contribution in [2.75, 3.05) is 6.54 Å². The minimum Gasteiger partial charge on any atom is -0.409 e. The first-order valence-electron chi connectivity index (χ1n) is 5.25. The third-order valence-electron chi connectivity index (χ3n) is 2.57. The van der Waals surface area contributed by atoms with E-state index in [9.17, 15) is 0 Å². The highest BCUT2D eigenvalue weighted by Crippen LogP contribution is 2.08. The van der Waals surface area contributed by atoms with Crippen molar-refractivity contribution in [3.8, 4) is 0 Å². The van der Waals surface area contributed by atoms with Crippen molar-refractivity contribution >= 4 is 5.84 Å². The minimum absolute atomic E-state index is 0.305. The lowest BCUT2D eigenvalue weighted by Crippen LogP contribution is -2.40. The van der Waals surface area contributed by atoms with Crippen LogP contribution in [0.1, 0.15) is 40.5 Å². The lowest BCUT2D eigenvalue weighted by atomic mass is 10.1. The van der Waals surface area contributed by atoms with E-state index in [1.165, 1.54) is 0 Å². The van der Waals surface area contributed by atoms with Crippen molar-refractivity contribution in [3.05, 3.63) is 0 Å². The van der Waals surface area contributed by atoms with Crippen molar-refractivity contribution in [3.63, 3.8) is 0 Å². The number of nitrogens with two attached hydrogens (primary N) is 1. The summed E-state index contributed by atoms with van der Waals surface area (Å²) in [7, 11) is 0. The summed E-state index contributed by atoms with van der Waals surface area (Å²) in [6.45, 7) is 9.55. The Morgan fingerprint density at radius 1 is 1.43 bits per heavy atom. The van der Waals surface area contributed by atoms with Crippen molar-refractivity contribution in [2.45, 2.75) is 52.6 Å². The van der Waals surface area contributed by atoms with E-state index in [-0.39, 0.29) is 0 Å². The van der Waals surface area contributed by atoms with E-state index in [0.717, 1.165) is 13.0 Å². The molecule has 0 saturated carbocycles. The number of hydrogen-bond acceptors (Lipinski definition) is 3. The van der Waals surface area contributed by atoms with Gasteiger partial charge in [-0.05, 0) is 27.2 Å². The van der Waals surface area contributed by atoms with E-state index < -0.39 is 0 Å². The maximum absolute atomic E-state index is 8.43. The second-order valence-corrected chi connectivity index (χ2v) is 3.93. The monoisotopic (exact) mass is 201 g/mol. The maximum Gasteiger partial charge on any atom is 0.140 e. The molecule has 0 spiro atoms. The van der Waals surface area contributed by atoms with Crippen LogP contribution in [0.4, 0.5) is 0 Å². The topological polar surface area (TPSA) is 61.8 Å². The van der Waals surface area contributed by atoms with Crippen molar-refractivity contribution in [1.29, 1.82) is 0 Å². The molecule has 84 valence electrons. The number of hydrogen-bond donors (Lipinski definition) is 2. The van der Waals surface area contributed by atoms with Crippen LogP contribution in [0, 0.1) is 0 Å². The standard InChI is InChI=1S/C10H23N3O/c1-5-9(4)13(8(2)3)7-6-10(11)12-14/h8-9,14H,5-7H2,1-4H3,(H2,11,12). The first-order valence-corrected chi connectivity index (χ1v) is 5.25. The molecule has 0 amide bonds. The number of nitrogens with zero attached hydrogens (tertiary/aromatic N) is 2. The summed E-state index contributed by atoms with van der Waals surface area (Å²) in [5, 5.41) is 11.4. The fourth-order valence-electron chi connectivity index (χ4n) is 1.52. The van der Waals surface area contributed by atoms with Crippen molar-refractivity contribution in [1.82, 2.24) is 4.90 Å². The summed E-state index contributed by atoms with van der Waals surface area (Å²) in [5.41, 5.74) is 5.44.